The Morgan fingerprint density at radius 2 is 1.42 bits per heavy atom. The van der Waals surface area contributed by atoms with Gasteiger partial charge in [0.15, 0.2) is 5.43 Å². The highest BCUT2D eigenvalue weighted by molar-refractivity contribution is 5.79. The highest BCUT2D eigenvalue weighted by atomic mass is 16.1. The Labute approximate surface area is 146 Å². The van der Waals surface area contributed by atoms with E-state index in [1.54, 1.807) is 0 Å². The number of unbranched alkanes of at least 4 members (excludes halogenated alkanes) is 9. The molecule has 2 aromatic rings. The molecule has 2 rings (SSSR count). The highest BCUT2D eigenvalue weighted by Gasteiger charge is 2.05. The molecule has 0 unspecified atom stereocenters. The summed E-state index contributed by atoms with van der Waals surface area (Å²) in [6.45, 7) is 2.27. The first-order valence-electron chi connectivity index (χ1n) is 9.81. The number of pyridine rings is 1. The summed E-state index contributed by atoms with van der Waals surface area (Å²) in [5.74, 6) is 0. The average Bonchev–Trinajstić information content (AvgIpc) is 2.60. The van der Waals surface area contributed by atoms with Crippen molar-refractivity contribution in [3.8, 4) is 0 Å². The number of nitrogens with zero attached hydrogens (tertiary/aromatic N) is 1. The molecule has 0 spiro atoms. The van der Waals surface area contributed by atoms with Gasteiger partial charge in [0, 0.05) is 24.2 Å². The average molecular weight is 328 g/mol. The Bertz CT molecular complexity index is 671. The van der Waals surface area contributed by atoms with E-state index in [2.05, 4.69) is 18.5 Å². The SMILES string of the molecule is CCCCCCCCCCCCc1cc(=O)c2ccccc2n1C. The van der Waals surface area contributed by atoms with Crippen molar-refractivity contribution in [2.24, 2.45) is 7.05 Å². The van der Waals surface area contributed by atoms with Crippen molar-refractivity contribution in [3.05, 3.63) is 46.2 Å². The lowest BCUT2D eigenvalue weighted by Gasteiger charge is -2.12. The molecule has 0 fully saturated rings. The van der Waals surface area contributed by atoms with Gasteiger partial charge in [0.1, 0.15) is 0 Å². The van der Waals surface area contributed by atoms with Gasteiger partial charge >= 0.3 is 0 Å². The quantitative estimate of drug-likeness (QED) is 0.464. The normalized spacial score (nSPS) is 11.2. The Balaban J connectivity index is 1.71. The smallest absolute Gasteiger partial charge is 0.189 e. The third kappa shape index (κ3) is 5.51. The van der Waals surface area contributed by atoms with Gasteiger partial charge in [0.2, 0.25) is 0 Å². The number of para-hydroxylation sites is 1. The van der Waals surface area contributed by atoms with Crippen LogP contribution in [-0.2, 0) is 13.5 Å². The molecule has 0 aliphatic carbocycles. The molecule has 0 bridgehead atoms. The van der Waals surface area contributed by atoms with E-state index in [-0.39, 0.29) is 5.43 Å². The number of rotatable bonds is 11. The zero-order chi connectivity index (χ0) is 17.2. The lowest BCUT2D eigenvalue weighted by molar-refractivity contribution is 0.554. The van der Waals surface area contributed by atoms with Crippen LogP contribution in [0.4, 0.5) is 0 Å². The van der Waals surface area contributed by atoms with Gasteiger partial charge in [-0.2, -0.15) is 0 Å². The number of fused-ring (bicyclic) bond motifs is 1. The maximum atomic E-state index is 12.2. The first-order chi connectivity index (χ1) is 11.7. The molecule has 0 N–H and O–H groups in total. The Hall–Kier alpha value is -1.57. The van der Waals surface area contributed by atoms with Gasteiger partial charge < -0.3 is 4.57 Å². The Kier molecular flexibility index (Phi) is 8.07. The van der Waals surface area contributed by atoms with Crippen LogP contribution in [0.3, 0.4) is 0 Å². The maximum Gasteiger partial charge on any atom is 0.189 e. The lowest BCUT2D eigenvalue weighted by Crippen LogP contribution is -2.11. The molecule has 0 aliphatic rings. The highest BCUT2D eigenvalue weighted by Crippen LogP contribution is 2.15. The van der Waals surface area contributed by atoms with Crippen LogP contribution in [0.15, 0.2) is 35.1 Å². The molecule has 2 heteroatoms. The van der Waals surface area contributed by atoms with Gasteiger partial charge in [-0.3, -0.25) is 4.79 Å². The zero-order valence-corrected chi connectivity index (χ0v) is 15.5. The minimum atomic E-state index is 0.158. The van der Waals surface area contributed by atoms with Crippen molar-refractivity contribution in [1.29, 1.82) is 0 Å². The molecule has 0 radical (unpaired) electrons. The largest absolute Gasteiger partial charge is 0.347 e. The van der Waals surface area contributed by atoms with Crippen molar-refractivity contribution >= 4 is 10.9 Å². The molecule has 1 heterocycles. The van der Waals surface area contributed by atoms with Crippen LogP contribution in [-0.4, -0.2) is 4.57 Å². The second kappa shape index (κ2) is 10.3. The van der Waals surface area contributed by atoms with Crippen LogP contribution in [0, 0.1) is 0 Å². The number of aryl methyl sites for hydroxylation is 2. The summed E-state index contributed by atoms with van der Waals surface area (Å²) in [6.07, 6.45) is 14.5. The van der Waals surface area contributed by atoms with Crippen LogP contribution in [0.2, 0.25) is 0 Å². The van der Waals surface area contributed by atoms with Crippen molar-refractivity contribution in [2.45, 2.75) is 77.6 Å². The van der Waals surface area contributed by atoms with E-state index in [9.17, 15) is 4.79 Å². The number of aromatic nitrogens is 1. The van der Waals surface area contributed by atoms with E-state index < -0.39 is 0 Å². The van der Waals surface area contributed by atoms with E-state index in [1.807, 2.05) is 30.3 Å². The fraction of sp³-hybridized carbons (Fsp3) is 0.591. The Morgan fingerprint density at radius 1 is 0.833 bits per heavy atom. The third-order valence-corrected chi connectivity index (χ3v) is 5.05. The minimum absolute atomic E-state index is 0.158. The molecule has 0 saturated heterocycles. The number of hydrogen-bond donors (Lipinski definition) is 0. The zero-order valence-electron chi connectivity index (χ0n) is 15.5. The van der Waals surface area contributed by atoms with E-state index in [1.165, 1.54) is 69.9 Å². The molecule has 1 aromatic heterocycles. The van der Waals surface area contributed by atoms with Gasteiger partial charge in [-0.25, -0.2) is 0 Å². The first kappa shape index (κ1) is 18.8. The molecule has 0 atom stereocenters. The summed E-state index contributed by atoms with van der Waals surface area (Å²) in [7, 11) is 2.08. The maximum absolute atomic E-state index is 12.2. The van der Waals surface area contributed by atoms with E-state index in [4.69, 9.17) is 0 Å². The van der Waals surface area contributed by atoms with Crippen molar-refractivity contribution in [2.75, 3.05) is 0 Å². The minimum Gasteiger partial charge on any atom is -0.347 e. The van der Waals surface area contributed by atoms with E-state index in [0.29, 0.717) is 0 Å². The van der Waals surface area contributed by atoms with Gasteiger partial charge in [0.05, 0.1) is 5.52 Å². The summed E-state index contributed by atoms with van der Waals surface area (Å²) in [6, 6.07) is 9.73. The van der Waals surface area contributed by atoms with Crippen LogP contribution >= 0.6 is 0 Å². The molecular formula is C22H33NO. The summed E-state index contributed by atoms with van der Waals surface area (Å²) in [4.78, 5) is 12.2. The second-order valence-electron chi connectivity index (χ2n) is 7.01. The van der Waals surface area contributed by atoms with Crippen LogP contribution in [0.5, 0.6) is 0 Å². The van der Waals surface area contributed by atoms with E-state index >= 15 is 0 Å². The molecule has 24 heavy (non-hydrogen) atoms. The topological polar surface area (TPSA) is 22.0 Å². The van der Waals surface area contributed by atoms with Crippen molar-refractivity contribution in [3.63, 3.8) is 0 Å². The fourth-order valence-electron chi connectivity index (χ4n) is 3.49. The molecular weight excluding hydrogens is 294 g/mol. The van der Waals surface area contributed by atoms with Crippen molar-refractivity contribution in [1.82, 2.24) is 4.57 Å². The third-order valence-electron chi connectivity index (χ3n) is 5.05. The lowest BCUT2D eigenvalue weighted by atomic mass is 10.0. The molecule has 1 aromatic carbocycles. The van der Waals surface area contributed by atoms with Crippen LogP contribution in [0.25, 0.3) is 10.9 Å². The standard InChI is InChI=1S/C22H33NO/c1-3-4-5-6-7-8-9-10-11-12-15-19-18-22(24)20-16-13-14-17-21(20)23(19)2/h13-14,16-18H,3-12,15H2,1-2H3. The summed E-state index contributed by atoms with van der Waals surface area (Å²) in [5, 5.41) is 0.826. The summed E-state index contributed by atoms with van der Waals surface area (Å²) >= 11 is 0. The fourth-order valence-corrected chi connectivity index (χ4v) is 3.49. The predicted octanol–water partition coefficient (Wildman–Crippen LogP) is 6.00. The molecule has 0 aliphatic heterocycles. The molecule has 2 nitrogen and oxygen atoms in total. The van der Waals surface area contributed by atoms with Gasteiger partial charge in [-0.05, 0) is 25.0 Å². The summed E-state index contributed by atoms with van der Waals surface area (Å²) in [5.41, 5.74) is 2.37. The van der Waals surface area contributed by atoms with Gasteiger partial charge in [-0.1, -0.05) is 76.8 Å². The van der Waals surface area contributed by atoms with Gasteiger partial charge in [0.25, 0.3) is 0 Å². The molecule has 132 valence electrons. The van der Waals surface area contributed by atoms with Gasteiger partial charge in [-0.15, -0.1) is 0 Å². The first-order valence-corrected chi connectivity index (χ1v) is 9.81. The molecule has 0 amide bonds. The monoisotopic (exact) mass is 327 g/mol. The Morgan fingerprint density at radius 3 is 2.08 bits per heavy atom. The van der Waals surface area contributed by atoms with E-state index in [0.717, 1.165) is 17.3 Å². The second-order valence-corrected chi connectivity index (χ2v) is 7.01. The van der Waals surface area contributed by atoms with Crippen LogP contribution in [0.1, 0.15) is 76.8 Å². The summed E-state index contributed by atoms with van der Waals surface area (Å²) < 4.78 is 2.18. The predicted molar refractivity (Wildman–Crippen MR) is 105 cm³/mol. The number of benzene rings is 1. The number of hydrogen-bond acceptors (Lipinski definition) is 1. The molecule has 0 saturated carbocycles. The van der Waals surface area contributed by atoms with Crippen molar-refractivity contribution < 1.29 is 0 Å². The van der Waals surface area contributed by atoms with Crippen LogP contribution < -0.4 is 5.43 Å².